The third kappa shape index (κ3) is 2.84. The van der Waals surface area contributed by atoms with Crippen molar-refractivity contribution in [3.8, 4) is 5.75 Å². The maximum Gasteiger partial charge on any atom is 0.191 e. The Hall–Kier alpha value is -2.55. The zero-order chi connectivity index (χ0) is 18.2. The highest BCUT2D eigenvalue weighted by atomic mass is 16.5. The molecule has 0 saturated carbocycles. The summed E-state index contributed by atoms with van der Waals surface area (Å²) in [5.74, 6) is 0.526. The van der Waals surface area contributed by atoms with E-state index in [9.17, 15) is 4.79 Å². The molecular formula is C22H25NO2. The summed E-state index contributed by atoms with van der Waals surface area (Å²) in [4.78, 5) is 12.9. The summed E-state index contributed by atoms with van der Waals surface area (Å²) in [5.41, 5.74) is 3.51. The van der Waals surface area contributed by atoms with Gasteiger partial charge in [-0.2, -0.15) is 0 Å². The third-order valence-corrected chi connectivity index (χ3v) is 5.55. The molecule has 0 radical (unpaired) electrons. The maximum atomic E-state index is 12.9. The second-order valence-corrected chi connectivity index (χ2v) is 7.54. The summed E-state index contributed by atoms with van der Waals surface area (Å²) < 4.78 is 5.33. The van der Waals surface area contributed by atoms with Crippen molar-refractivity contribution in [1.82, 2.24) is 5.32 Å². The van der Waals surface area contributed by atoms with E-state index < -0.39 is 0 Å². The number of nitrogens with one attached hydrogen (secondary N) is 1. The molecule has 1 aliphatic heterocycles. The molecule has 0 aromatic heterocycles. The van der Waals surface area contributed by atoms with E-state index in [1.54, 1.807) is 25.3 Å². The number of benzene rings is 2. The molecule has 130 valence electrons. The molecule has 0 fully saturated rings. The van der Waals surface area contributed by atoms with Gasteiger partial charge in [0.25, 0.3) is 0 Å². The van der Waals surface area contributed by atoms with E-state index in [4.69, 9.17) is 4.74 Å². The monoisotopic (exact) mass is 335 g/mol. The lowest BCUT2D eigenvalue weighted by Gasteiger charge is -2.49. The second-order valence-electron chi connectivity index (χ2n) is 7.54. The molecule has 2 aromatic carbocycles. The number of methoxy groups -OCH3 is 1. The SMILES string of the molecule is COc1ccccc1C(=O)/C=C1/NC(C)(C)C(C)(C)c2ccccc21. The Kier molecular flexibility index (Phi) is 4.19. The Morgan fingerprint density at radius 2 is 1.64 bits per heavy atom. The van der Waals surface area contributed by atoms with Crippen LogP contribution in [0.4, 0.5) is 0 Å². The van der Waals surface area contributed by atoms with E-state index in [0.29, 0.717) is 11.3 Å². The first-order valence-corrected chi connectivity index (χ1v) is 8.55. The van der Waals surface area contributed by atoms with Crippen LogP contribution in [0.2, 0.25) is 0 Å². The number of hydrogen-bond donors (Lipinski definition) is 1. The number of ether oxygens (including phenoxy) is 1. The standard InChI is InChI=1S/C22H25NO2/c1-21(2)17-12-8-6-10-15(17)18(23-22(21,3)4)14-19(24)16-11-7-9-13-20(16)25-5/h6-14,23H,1-5H3/b18-14+. The molecule has 1 heterocycles. The molecule has 3 heteroatoms. The predicted molar refractivity (Wildman–Crippen MR) is 102 cm³/mol. The number of rotatable bonds is 3. The van der Waals surface area contributed by atoms with Crippen LogP contribution in [-0.2, 0) is 5.41 Å². The first kappa shape index (κ1) is 17.3. The number of carbonyl (C=O) groups is 1. The number of para-hydroxylation sites is 1. The van der Waals surface area contributed by atoms with Crippen LogP contribution in [-0.4, -0.2) is 18.4 Å². The molecule has 0 spiro atoms. The summed E-state index contributed by atoms with van der Waals surface area (Å²) in [6, 6.07) is 15.6. The second kappa shape index (κ2) is 6.07. The van der Waals surface area contributed by atoms with Crippen LogP contribution < -0.4 is 10.1 Å². The maximum absolute atomic E-state index is 12.9. The molecule has 0 saturated heterocycles. The zero-order valence-corrected chi connectivity index (χ0v) is 15.5. The number of hydrogen-bond acceptors (Lipinski definition) is 3. The van der Waals surface area contributed by atoms with E-state index in [-0.39, 0.29) is 16.7 Å². The van der Waals surface area contributed by atoms with Gasteiger partial charge in [0.15, 0.2) is 5.78 Å². The fraction of sp³-hybridized carbons (Fsp3) is 0.318. The molecular weight excluding hydrogens is 310 g/mol. The Morgan fingerprint density at radius 1 is 1.00 bits per heavy atom. The van der Waals surface area contributed by atoms with Crippen molar-refractivity contribution < 1.29 is 9.53 Å². The lowest BCUT2D eigenvalue weighted by atomic mass is 9.65. The number of fused-ring (bicyclic) bond motifs is 1. The van der Waals surface area contributed by atoms with Crippen LogP contribution in [0.25, 0.3) is 5.70 Å². The molecule has 0 atom stereocenters. The molecule has 0 amide bonds. The predicted octanol–water partition coefficient (Wildman–Crippen LogP) is 4.58. The Bertz CT molecular complexity index is 847. The molecule has 3 rings (SSSR count). The van der Waals surface area contributed by atoms with Gasteiger partial charge in [-0.25, -0.2) is 0 Å². The van der Waals surface area contributed by atoms with Crippen molar-refractivity contribution in [2.45, 2.75) is 38.6 Å². The van der Waals surface area contributed by atoms with Crippen LogP contribution in [0.1, 0.15) is 49.2 Å². The molecule has 2 aromatic rings. The van der Waals surface area contributed by atoms with Crippen LogP contribution in [0.15, 0.2) is 54.6 Å². The molecule has 1 aliphatic rings. The van der Waals surface area contributed by atoms with Crippen molar-refractivity contribution in [2.75, 3.05) is 7.11 Å². The van der Waals surface area contributed by atoms with Crippen LogP contribution in [0.3, 0.4) is 0 Å². The first-order valence-electron chi connectivity index (χ1n) is 8.55. The third-order valence-electron chi connectivity index (χ3n) is 5.55. The van der Waals surface area contributed by atoms with E-state index in [1.165, 1.54) is 5.56 Å². The molecule has 3 nitrogen and oxygen atoms in total. The Labute approximate surface area is 149 Å². The quantitative estimate of drug-likeness (QED) is 0.659. The van der Waals surface area contributed by atoms with Gasteiger partial charge in [-0.15, -0.1) is 0 Å². The highest BCUT2D eigenvalue weighted by Crippen LogP contribution is 2.43. The van der Waals surface area contributed by atoms with Gasteiger partial charge in [-0.3, -0.25) is 4.79 Å². The van der Waals surface area contributed by atoms with Crippen molar-refractivity contribution in [2.24, 2.45) is 0 Å². The minimum Gasteiger partial charge on any atom is -0.496 e. The van der Waals surface area contributed by atoms with Gasteiger partial charge in [0.1, 0.15) is 5.75 Å². The number of ketones is 1. The largest absolute Gasteiger partial charge is 0.496 e. The van der Waals surface area contributed by atoms with Gasteiger partial charge in [-0.1, -0.05) is 50.2 Å². The summed E-state index contributed by atoms with van der Waals surface area (Å²) in [6.45, 7) is 8.81. The van der Waals surface area contributed by atoms with Crippen molar-refractivity contribution >= 4 is 11.5 Å². The Balaban J connectivity index is 2.11. The summed E-state index contributed by atoms with van der Waals surface area (Å²) >= 11 is 0. The molecule has 0 aliphatic carbocycles. The average molecular weight is 335 g/mol. The van der Waals surface area contributed by atoms with Crippen LogP contribution in [0.5, 0.6) is 5.75 Å². The zero-order valence-electron chi connectivity index (χ0n) is 15.5. The lowest BCUT2D eigenvalue weighted by molar-refractivity contribution is 0.104. The summed E-state index contributed by atoms with van der Waals surface area (Å²) in [7, 11) is 1.58. The normalized spacial score (nSPS) is 19.0. The number of carbonyl (C=O) groups excluding carboxylic acids is 1. The van der Waals surface area contributed by atoms with E-state index in [2.05, 4.69) is 51.2 Å². The van der Waals surface area contributed by atoms with Gasteiger partial charge in [-0.05, 0) is 31.5 Å². The van der Waals surface area contributed by atoms with Gasteiger partial charge in [0.05, 0.1) is 12.7 Å². The fourth-order valence-electron chi connectivity index (χ4n) is 3.33. The summed E-state index contributed by atoms with van der Waals surface area (Å²) in [5, 5.41) is 3.58. The minimum absolute atomic E-state index is 0.0611. The van der Waals surface area contributed by atoms with Gasteiger partial charge < -0.3 is 10.1 Å². The van der Waals surface area contributed by atoms with Gasteiger partial charge in [0.2, 0.25) is 0 Å². The summed E-state index contributed by atoms with van der Waals surface area (Å²) in [6.07, 6.45) is 1.69. The van der Waals surface area contributed by atoms with Crippen molar-refractivity contribution in [3.63, 3.8) is 0 Å². The average Bonchev–Trinajstić information content (AvgIpc) is 2.59. The van der Waals surface area contributed by atoms with Crippen LogP contribution in [0, 0.1) is 0 Å². The minimum atomic E-state index is -0.186. The molecule has 0 unspecified atom stereocenters. The van der Waals surface area contributed by atoms with Crippen molar-refractivity contribution in [3.05, 3.63) is 71.3 Å². The topological polar surface area (TPSA) is 38.3 Å². The van der Waals surface area contributed by atoms with Crippen LogP contribution >= 0.6 is 0 Å². The van der Waals surface area contributed by atoms with E-state index in [1.807, 2.05) is 18.2 Å². The smallest absolute Gasteiger partial charge is 0.191 e. The first-order chi connectivity index (χ1) is 11.8. The van der Waals surface area contributed by atoms with E-state index in [0.717, 1.165) is 11.3 Å². The highest BCUT2D eigenvalue weighted by Gasteiger charge is 2.44. The fourth-order valence-corrected chi connectivity index (χ4v) is 3.33. The molecule has 25 heavy (non-hydrogen) atoms. The van der Waals surface area contributed by atoms with Crippen molar-refractivity contribution in [1.29, 1.82) is 0 Å². The Morgan fingerprint density at radius 3 is 2.36 bits per heavy atom. The number of allylic oxidation sites excluding steroid dienone is 1. The van der Waals surface area contributed by atoms with Gasteiger partial charge >= 0.3 is 0 Å². The molecule has 0 bridgehead atoms. The molecule has 1 N–H and O–H groups in total. The van der Waals surface area contributed by atoms with E-state index >= 15 is 0 Å². The van der Waals surface area contributed by atoms with Gasteiger partial charge in [0, 0.05) is 28.3 Å². The lowest BCUT2D eigenvalue weighted by Crippen LogP contribution is -2.56. The highest BCUT2D eigenvalue weighted by molar-refractivity contribution is 6.10.